The zero-order chi connectivity index (χ0) is 27.6. The molecule has 0 bridgehead atoms. The van der Waals surface area contributed by atoms with Crippen molar-refractivity contribution in [3.05, 3.63) is 150 Å². The van der Waals surface area contributed by atoms with Gasteiger partial charge in [-0.2, -0.15) is 5.10 Å². The minimum absolute atomic E-state index is 0.178. The standard InChI is InChI=1S/C35H28FN3O2/c36-33-21-32(20-15-27(33)22-37-39(30-7-3-1-4-8-30)31-9-5-2-6-10-31)38(28-16-11-25(12-17-28)34-23-40-34)29-18-13-26(14-19-29)35-24-41-35/h1-22,34-35H,23-24H2. The Balaban J connectivity index is 1.22. The molecule has 5 nitrogen and oxygen atoms in total. The van der Waals surface area contributed by atoms with Crippen LogP contribution in [0.25, 0.3) is 0 Å². The lowest BCUT2D eigenvalue weighted by Crippen LogP contribution is -2.11. The predicted octanol–water partition coefficient (Wildman–Crippen LogP) is 8.61. The third-order valence-corrected chi connectivity index (χ3v) is 7.27. The number of rotatable bonds is 9. The first-order chi connectivity index (χ1) is 20.2. The average Bonchev–Trinajstić information content (AvgIpc) is 3.94. The number of epoxide rings is 2. The number of hydrogen-bond acceptors (Lipinski definition) is 5. The fraction of sp³-hybridized carbons (Fsp3) is 0.114. The van der Waals surface area contributed by atoms with Crippen LogP contribution in [0.15, 0.2) is 132 Å². The Labute approximate surface area is 238 Å². The summed E-state index contributed by atoms with van der Waals surface area (Å²) < 4.78 is 26.6. The van der Waals surface area contributed by atoms with E-state index in [-0.39, 0.29) is 18.0 Å². The van der Waals surface area contributed by atoms with Crippen molar-refractivity contribution in [1.82, 2.24) is 0 Å². The third-order valence-electron chi connectivity index (χ3n) is 7.27. The van der Waals surface area contributed by atoms with Gasteiger partial charge in [-0.3, -0.25) is 0 Å². The molecule has 2 aliphatic heterocycles. The van der Waals surface area contributed by atoms with Crippen LogP contribution in [0.3, 0.4) is 0 Å². The summed E-state index contributed by atoms with van der Waals surface area (Å²) >= 11 is 0. The molecule has 202 valence electrons. The molecule has 2 fully saturated rings. The van der Waals surface area contributed by atoms with Crippen LogP contribution in [-0.2, 0) is 9.47 Å². The number of benzene rings is 5. The molecular formula is C35H28FN3O2. The van der Waals surface area contributed by atoms with Crippen LogP contribution in [0.1, 0.15) is 28.9 Å². The topological polar surface area (TPSA) is 43.9 Å². The molecule has 5 aromatic rings. The van der Waals surface area contributed by atoms with Gasteiger partial charge in [0.25, 0.3) is 0 Å². The van der Waals surface area contributed by atoms with Crippen molar-refractivity contribution in [3.63, 3.8) is 0 Å². The van der Waals surface area contributed by atoms with Gasteiger partial charge < -0.3 is 14.4 Å². The van der Waals surface area contributed by atoms with Gasteiger partial charge in [-0.1, -0.05) is 60.7 Å². The van der Waals surface area contributed by atoms with Crippen molar-refractivity contribution >= 4 is 34.7 Å². The Bertz CT molecular complexity index is 1560. The molecule has 0 radical (unpaired) electrons. The molecule has 2 aliphatic rings. The lowest BCUT2D eigenvalue weighted by atomic mass is 10.1. The average molecular weight is 542 g/mol. The van der Waals surface area contributed by atoms with Gasteiger partial charge in [0.15, 0.2) is 0 Å². The summed E-state index contributed by atoms with van der Waals surface area (Å²) in [5.41, 5.74) is 7.05. The first kappa shape index (κ1) is 25.2. The molecule has 7 rings (SSSR count). The van der Waals surface area contributed by atoms with Crippen LogP contribution >= 0.6 is 0 Å². The molecule has 5 aromatic carbocycles. The highest BCUT2D eigenvalue weighted by Crippen LogP contribution is 2.39. The van der Waals surface area contributed by atoms with Crippen molar-refractivity contribution in [1.29, 1.82) is 0 Å². The van der Waals surface area contributed by atoms with Gasteiger partial charge in [0.05, 0.1) is 30.8 Å². The number of anilines is 5. The highest BCUT2D eigenvalue weighted by Gasteiger charge is 2.26. The minimum atomic E-state index is -0.358. The number of nitrogens with zero attached hydrogens (tertiary/aromatic N) is 3. The maximum atomic E-state index is 15.7. The molecule has 2 heterocycles. The Morgan fingerprint density at radius 3 is 1.49 bits per heavy atom. The lowest BCUT2D eigenvalue weighted by Gasteiger charge is -2.26. The van der Waals surface area contributed by atoms with Crippen LogP contribution in [0, 0.1) is 5.82 Å². The fourth-order valence-corrected chi connectivity index (χ4v) is 4.90. The van der Waals surface area contributed by atoms with Crippen LogP contribution in [0.2, 0.25) is 0 Å². The molecule has 0 aliphatic carbocycles. The molecule has 0 saturated carbocycles. The molecule has 6 heteroatoms. The second-order valence-corrected chi connectivity index (χ2v) is 10.1. The summed E-state index contributed by atoms with van der Waals surface area (Å²) in [6.07, 6.45) is 1.92. The van der Waals surface area contributed by atoms with Gasteiger partial charge in [0, 0.05) is 22.6 Å². The van der Waals surface area contributed by atoms with Gasteiger partial charge >= 0.3 is 0 Å². The predicted molar refractivity (Wildman–Crippen MR) is 161 cm³/mol. The molecule has 0 aromatic heterocycles. The van der Waals surface area contributed by atoms with Crippen LogP contribution < -0.4 is 9.91 Å². The fourth-order valence-electron chi connectivity index (χ4n) is 4.90. The van der Waals surface area contributed by atoms with Crippen LogP contribution in [0.5, 0.6) is 0 Å². The molecule has 0 N–H and O–H groups in total. The van der Waals surface area contributed by atoms with Gasteiger partial charge in [-0.15, -0.1) is 0 Å². The Morgan fingerprint density at radius 1 is 0.585 bits per heavy atom. The monoisotopic (exact) mass is 541 g/mol. The second-order valence-electron chi connectivity index (χ2n) is 10.1. The summed E-state index contributed by atoms with van der Waals surface area (Å²) in [5.74, 6) is -0.358. The summed E-state index contributed by atoms with van der Waals surface area (Å²) in [5, 5.41) is 6.48. The number of ether oxygens (including phenoxy) is 2. The van der Waals surface area contributed by atoms with Crippen molar-refractivity contribution in [2.45, 2.75) is 12.2 Å². The zero-order valence-electron chi connectivity index (χ0n) is 22.3. The van der Waals surface area contributed by atoms with Crippen LogP contribution in [-0.4, -0.2) is 19.4 Å². The molecule has 0 amide bonds. The van der Waals surface area contributed by atoms with E-state index in [0.717, 1.165) is 47.1 Å². The number of para-hydroxylation sites is 2. The summed E-state index contributed by atoms with van der Waals surface area (Å²) in [6.45, 7) is 1.52. The summed E-state index contributed by atoms with van der Waals surface area (Å²) in [7, 11) is 0. The zero-order valence-corrected chi connectivity index (χ0v) is 22.3. The van der Waals surface area contributed by atoms with Crippen molar-refractivity contribution in [3.8, 4) is 0 Å². The van der Waals surface area contributed by atoms with Gasteiger partial charge in [-0.25, -0.2) is 9.40 Å². The Hall–Kier alpha value is -4.78. The van der Waals surface area contributed by atoms with E-state index < -0.39 is 0 Å². The van der Waals surface area contributed by atoms with Crippen LogP contribution in [0.4, 0.5) is 32.8 Å². The number of hydrogen-bond donors (Lipinski definition) is 0. The molecule has 41 heavy (non-hydrogen) atoms. The van der Waals surface area contributed by atoms with E-state index in [4.69, 9.17) is 9.47 Å². The third kappa shape index (κ3) is 5.61. The van der Waals surface area contributed by atoms with E-state index in [9.17, 15) is 0 Å². The highest BCUT2D eigenvalue weighted by molar-refractivity contribution is 5.84. The summed E-state index contributed by atoms with van der Waals surface area (Å²) in [4.78, 5) is 2.05. The number of halogens is 1. The van der Waals surface area contributed by atoms with Gasteiger partial charge in [-0.05, 0) is 77.9 Å². The maximum Gasteiger partial charge on any atom is 0.134 e. The first-order valence-electron chi connectivity index (χ1n) is 13.7. The van der Waals surface area contributed by atoms with Crippen molar-refractivity contribution < 1.29 is 13.9 Å². The molecule has 2 saturated heterocycles. The van der Waals surface area contributed by atoms with Gasteiger partial charge in [0.2, 0.25) is 0 Å². The highest BCUT2D eigenvalue weighted by atomic mass is 19.1. The smallest absolute Gasteiger partial charge is 0.134 e. The van der Waals surface area contributed by atoms with E-state index in [1.807, 2.05) is 66.7 Å². The van der Waals surface area contributed by atoms with E-state index in [0.29, 0.717) is 11.3 Å². The van der Waals surface area contributed by atoms with E-state index >= 15 is 4.39 Å². The van der Waals surface area contributed by atoms with E-state index in [1.165, 1.54) is 0 Å². The summed E-state index contributed by atoms with van der Waals surface area (Å²) in [6, 6.07) is 41.4. The normalized spacial score (nSPS) is 17.4. The first-order valence-corrected chi connectivity index (χ1v) is 13.7. The SMILES string of the molecule is Fc1cc(N(c2ccc(C3CO3)cc2)c2ccc(C3CO3)cc2)ccc1C=NN(c1ccccc1)c1ccccc1. The Morgan fingerprint density at radius 2 is 1.05 bits per heavy atom. The molecular weight excluding hydrogens is 513 g/mol. The Kier molecular flexibility index (Phi) is 6.77. The van der Waals surface area contributed by atoms with Gasteiger partial charge in [0.1, 0.15) is 18.0 Å². The molecule has 0 spiro atoms. The quantitative estimate of drug-likeness (QED) is 0.106. The molecule has 2 unspecified atom stereocenters. The molecule has 2 atom stereocenters. The largest absolute Gasteiger partial charge is 0.368 e. The minimum Gasteiger partial charge on any atom is -0.368 e. The number of hydrazone groups is 1. The lowest BCUT2D eigenvalue weighted by molar-refractivity contribution is 0.415. The second kappa shape index (κ2) is 11.0. The van der Waals surface area contributed by atoms with Crippen molar-refractivity contribution in [2.24, 2.45) is 5.10 Å². The van der Waals surface area contributed by atoms with E-state index in [1.54, 1.807) is 23.4 Å². The van der Waals surface area contributed by atoms with Crippen molar-refractivity contribution in [2.75, 3.05) is 23.1 Å². The maximum absolute atomic E-state index is 15.7. The van der Waals surface area contributed by atoms with E-state index in [2.05, 4.69) is 58.5 Å².